The van der Waals surface area contributed by atoms with Gasteiger partial charge in [-0.3, -0.25) is 10.2 Å². The Morgan fingerprint density at radius 2 is 1.87 bits per heavy atom. The van der Waals surface area contributed by atoms with Crippen molar-refractivity contribution in [3.63, 3.8) is 0 Å². The summed E-state index contributed by atoms with van der Waals surface area (Å²) in [5, 5.41) is 3.97. The van der Waals surface area contributed by atoms with Crippen LogP contribution in [-0.2, 0) is 0 Å². The quantitative estimate of drug-likeness (QED) is 0.820. The Morgan fingerprint density at radius 1 is 1.17 bits per heavy atom. The fraction of sp³-hybridized carbons (Fsp3) is 0.214. The number of hydrogen-bond donors (Lipinski definition) is 2. The molecule has 0 saturated heterocycles. The Hall–Kier alpha value is -2.97. The van der Waals surface area contributed by atoms with Gasteiger partial charge in [-0.25, -0.2) is 23.7 Å². The molecule has 23 heavy (non-hydrogen) atoms. The monoisotopic (exact) mass is 323 g/mol. The molecule has 0 bridgehead atoms. The van der Waals surface area contributed by atoms with E-state index in [0.29, 0.717) is 5.69 Å². The van der Waals surface area contributed by atoms with Gasteiger partial charge in [-0.2, -0.15) is 5.10 Å². The Bertz CT molecular complexity index is 758. The van der Waals surface area contributed by atoms with Crippen molar-refractivity contribution in [3.05, 3.63) is 47.3 Å². The number of hydrogen-bond acceptors (Lipinski definition) is 3. The maximum Gasteiger partial charge on any atom is 0.335 e. The fourth-order valence-corrected chi connectivity index (χ4v) is 1.77. The highest BCUT2D eigenvalue weighted by Gasteiger charge is 2.16. The van der Waals surface area contributed by atoms with E-state index in [2.05, 4.69) is 16.0 Å². The number of rotatable bonds is 2. The molecular formula is C14H15F2N5O2. The zero-order valence-corrected chi connectivity index (χ0v) is 12.7. The molecule has 1 aromatic carbocycles. The number of nitrogens with one attached hydrogen (secondary N) is 2. The molecule has 0 aliphatic rings. The zero-order chi connectivity index (χ0) is 17.1. The number of nitrogens with zero attached hydrogens (tertiary/aromatic N) is 3. The standard InChI is InChI=1S/C14H15F2N5O2/c1-8-6-11(13(22)17-18-14(23)20(2)3)19-21(8)12-5-4-9(15)7-10(12)16/h4-7H,1-3H3,(H,17,22)(H,18,23). The minimum atomic E-state index is -0.802. The third kappa shape index (κ3) is 3.62. The van der Waals surface area contributed by atoms with Crippen LogP contribution in [0.4, 0.5) is 13.6 Å². The van der Waals surface area contributed by atoms with Gasteiger partial charge >= 0.3 is 6.03 Å². The summed E-state index contributed by atoms with van der Waals surface area (Å²) in [6.45, 7) is 1.62. The molecule has 2 rings (SSSR count). The molecule has 7 nitrogen and oxygen atoms in total. The molecule has 0 aliphatic heterocycles. The van der Waals surface area contributed by atoms with Crippen molar-refractivity contribution < 1.29 is 18.4 Å². The molecule has 0 aliphatic carbocycles. The smallest absolute Gasteiger partial charge is 0.330 e. The largest absolute Gasteiger partial charge is 0.335 e. The zero-order valence-electron chi connectivity index (χ0n) is 12.7. The van der Waals surface area contributed by atoms with E-state index >= 15 is 0 Å². The third-order valence-electron chi connectivity index (χ3n) is 2.95. The van der Waals surface area contributed by atoms with Crippen molar-refractivity contribution >= 4 is 11.9 Å². The Morgan fingerprint density at radius 3 is 2.48 bits per heavy atom. The molecule has 1 heterocycles. The Balaban J connectivity index is 2.21. The van der Waals surface area contributed by atoms with E-state index in [1.54, 1.807) is 6.92 Å². The lowest BCUT2D eigenvalue weighted by atomic mass is 10.3. The van der Waals surface area contributed by atoms with Crippen molar-refractivity contribution in [1.82, 2.24) is 25.5 Å². The maximum absolute atomic E-state index is 13.8. The number of hydrazine groups is 1. The van der Waals surface area contributed by atoms with E-state index in [4.69, 9.17) is 0 Å². The molecule has 0 saturated carbocycles. The van der Waals surface area contributed by atoms with Crippen LogP contribution in [0.3, 0.4) is 0 Å². The van der Waals surface area contributed by atoms with E-state index < -0.39 is 23.6 Å². The van der Waals surface area contributed by atoms with Crippen LogP contribution in [0.2, 0.25) is 0 Å². The van der Waals surface area contributed by atoms with Gasteiger partial charge in [0.2, 0.25) is 0 Å². The number of urea groups is 1. The number of benzene rings is 1. The molecule has 0 spiro atoms. The molecule has 0 unspecified atom stereocenters. The summed E-state index contributed by atoms with van der Waals surface area (Å²) in [4.78, 5) is 24.5. The van der Waals surface area contributed by atoms with Crippen LogP contribution in [0.15, 0.2) is 24.3 Å². The average molecular weight is 323 g/mol. The SMILES string of the molecule is Cc1cc(C(=O)NNC(=O)N(C)C)nn1-c1ccc(F)cc1F. The van der Waals surface area contributed by atoms with Crippen LogP contribution in [0, 0.1) is 18.6 Å². The number of carbonyl (C=O) groups excluding carboxylic acids is 2. The third-order valence-corrected chi connectivity index (χ3v) is 2.95. The molecule has 9 heteroatoms. The van der Waals surface area contributed by atoms with Crippen LogP contribution < -0.4 is 10.9 Å². The number of carbonyl (C=O) groups is 2. The van der Waals surface area contributed by atoms with Crippen molar-refractivity contribution in [1.29, 1.82) is 0 Å². The van der Waals surface area contributed by atoms with Gasteiger partial charge in [-0.15, -0.1) is 0 Å². The van der Waals surface area contributed by atoms with Crippen LogP contribution in [-0.4, -0.2) is 40.7 Å². The summed E-state index contributed by atoms with van der Waals surface area (Å²) in [6.07, 6.45) is 0. The van der Waals surface area contributed by atoms with E-state index in [1.807, 2.05) is 0 Å². The van der Waals surface area contributed by atoms with E-state index in [0.717, 1.165) is 12.1 Å². The number of aryl methyl sites for hydroxylation is 1. The highest BCUT2D eigenvalue weighted by Crippen LogP contribution is 2.17. The van der Waals surface area contributed by atoms with Gasteiger partial charge in [0.15, 0.2) is 11.5 Å². The molecule has 0 radical (unpaired) electrons. The van der Waals surface area contributed by atoms with Crippen LogP contribution in [0.5, 0.6) is 0 Å². The normalized spacial score (nSPS) is 10.3. The molecule has 0 atom stereocenters. The van der Waals surface area contributed by atoms with Gasteiger partial charge in [-0.1, -0.05) is 0 Å². The van der Waals surface area contributed by atoms with Gasteiger partial charge in [0.05, 0.1) is 0 Å². The highest BCUT2D eigenvalue weighted by atomic mass is 19.1. The Kier molecular flexibility index (Phi) is 4.58. The first-order chi connectivity index (χ1) is 10.8. The Labute approximate surface area is 130 Å². The van der Waals surface area contributed by atoms with E-state index in [-0.39, 0.29) is 11.4 Å². The van der Waals surface area contributed by atoms with Gasteiger partial charge in [-0.05, 0) is 25.1 Å². The first-order valence-corrected chi connectivity index (χ1v) is 6.59. The first kappa shape index (κ1) is 16.4. The average Bonchev–Trinajstić information content (AvgIpc) is 2.86. The van der Waals surface area contributed by atoms with Crippen molar-refractivity contribution in [2.45, 2.75) is 6.92 Å². The predicted octanol–water partition coefficient (Wildman–Crippen LogP) is 1.37. The number of aromatic nitrogens is 2. The topological polar surface area (TPSA) is 79.3 Å². The predicted molar refractivity (Wildman–Crippen MR) is 77.9 cm³/mol. The molecule has 3 amide bonds. The summed E-state index contributed by atoms with van der Waals surface area (Å²) in [5.74, 6) is -2.17. The minimum Gasteiger partial charge on any atom is -0.330 e. The fourth-order valence-electron chi connectivity index (χ4n) is 1.77. The highest BCUT2D eigenvalue weighted by molar-refractivity contribution is 5.93. The first-order valence-electron chi connectivity index (χ1n) is 6.59. The van der Waals surface area contributed by atoms with Crippen LogP contribution >= 0.6 is 0 Å². The molecule has 1 aromatic heterocycles. The lowest BCUT2D eigenvalue weighted by molar-refractivity contribution is 0.0927. The summed E-state index contributed by atoms with van der Waals surface area (Å²) in [5.41, 5.74) is 4.83. The summed E-state index contributed by atoms with van der Waals surface area (Å²) < 4.78 is 27.9. The van der Waals surface area contributed by atoms with E-state index in [1.165, 1.54) is 35.8 Å². The van der Waals surface area contributed by atoms with Gasteiger partial charge < -0.3 is 4.90 Å². The van der Waals surface area contributed by atoms with Gasteiger partial charge in [0, 0.05) is 25.9 Å². The lowest BCUT2D eigenvalue weighted by Crippen LogP contribution is -2.46. The van der Waals surface area contributed by atoms with Crippen molar-refractivity contribution in [3.8, 4) is 5.69 Å². The lowest BCUT2D eigenvalue weighted by Gasteiger charge is -2.11. The summed E-state index contributed by atoms with van der Waals surface area (Å²) in [6, 6.07) is 3.95. The molecular weight excluding hydrogens is 308 g/mol. The molecule has 2 aromatic rings. The maximum atomic E-state index is 13.8. The van der Waals surface area contributed by atoms with Crippen LogP contribution in [0.25, 0.3) is 5.69 Å². The summed E-state index contributed by atoms with van der Waals surface area (Å²) in [7, 11) is 3.02. The van der Waals surface area contributed by atoms with Crippen molar-refractivity contribution in [2.75, 3.05) is 14.1 Å². The second-order valence-electron chi connectivity index (χ2n) is 4.96. The van der Waals surface area contributed by atoms with Gasteiger partial charge in [0.25, 0.3) is 5.91 Å². The number of halogens is 2. The number of amides is 3. The molecule has 122 valence electrons. The van der Waals surface area contributed by atoms with Gasteiger partial charge in [0.1, 0.15) is 11.5 Å². The molecule has 0 fully saturated rings. The summed E-state index contributed by atoms with van der Waals surface area (Å²) >= 11 is 0. The van der Waals surface area contributed by atoms with E-state index in [9.17, 15) is 18.4 Å². The van der Waals surface area contributed by atoms with Crippen molar-refractivity contribution in [2.24, 2.45) is 0 Å². The second kappa shape index (κ2) is 6.42. The minimum absolute atomic E-state index is 0.0141. The van der Waals surface area contributed by atoms with Crippen LogP contribution in [0.1, 0.15) is 16.2 Å². The molecule has 2 N–H and O–H groups in total. The second-order valence-corrected chi connectivity index (χ2v) is 4.96.